The molecule has 1 aliphatic rings. The summed E-state index contributed by atoms with van der Waals surface area (Å²) in [4.78, 5) is 11.7. The van der Waals surface area contributed by atoms with Gasteiger partial charge in [-0.05, 0) is 31.0 Å². The molecule has 7 heteroatoms. The van der Waals surface area contributed by atoms with E-state index in [1.54, 1.807) is 6.07 Å². The van der Waals surface area contributed by atoms with E-state index in [2.05, 4.69) is 5.32 Å². The Bertz CT molecular complexity index is 565. The molecule has 1 aromatic rings. The van der Waals surface area contributed by atoms with Crippen LogP contribution in [-0.2, 0) is 19.6 Å². The van der Waals surface area contributed by atoms with Crippen LogP contribution in [0, 0.1) is 0 Å². The van der Waals surface area contributed by atoms with Gasteiger partial charge < -0.3 is 10.1 Å². The van der Waals surface area contributed by atoms with Crippen molar-refractivity contribution < 1.29 is 17.9 Å². The first kappa shape index (κ1) is 14.0. The zero-order valence-electron chi connectivity index (χ0n) is 10.3. The lowest BCUT2D eigenvalue weighted by molar-refractivity contribution is -0.118. The maximum Gasteiger partial charge on any atom is 0.238 e. The third-order valence-electron chi connectivity index (χ3n) is 2.88. The maximum absolute atomic E-state index is 11.8. The van der Waals surface area contributed by atoms with Gasteiger partial charge in [-0.15, -0.1) is 0 Å². The second kappa shape index (κ2) is 5.68. The lowest BCUT2D eigenvalue weighted by Gasteiger charge is -2.10. The van der Waals surface area contributed by atoms with Crippen LogP contribution in [0.1, 0.15) is 19.3 Å². The molecular formula is C12H16N2O4S. The van der Waals surface area contributed by atoms with Crippen LogP contribution in [0.25, 0.3) is 0 Å². The molecule has 0 spiro atoms. The smallest absolute Gasteiger partial charge is 0.238 e. The Balaban J connectivity index is 2.00. The number of anilines is 1. The first-order valence-corrected chi connectivity index (χ1v) is 7.54. The molecule has 2 rings (SSSR count). The van der Waals surface area contributed by atoms with Crippen LogP contribution in [0.3, 0.4) is 0 Å². The first-order valence-electron chi connectivity index (χ1n) is 5.99. The minimum atomic E-state index is -3.76. The van der Waals surface area contributed by atoms with E-state index in [9.17, 15) is 13.2 Å². The summed E-state index contributed by atoms with van der Waals surface area (Å²) >= 11 is 0. The monoisotopic (exact) mass is 284 g/mol. The summed E-state index contributed by atoms with van der Waals surface area (Å²) in [7, 11) is -3.76. The van der Waals surface area contributed by atoms with Crippen LogP contribution >= 0.6 is 0 Å². The van der Waals surface area contributed by atoms with Gasteiger partial charge in [-0.3, -0.25) is 4.79 Å². The molecule has 1 saturated heterocycles. The molecule has 1 unspecified atom stereocenters. The third kappa shape index (κ3) is 4.02. The third-order valence-corrected chi connectivity index (χ3v) is 3.79. The molecule has 19 heavy (non-hydrogen) atoms. The molecule has 3 N–H and O–H groups in total. The van der Waals surface area contributed by atoms with Crippen LogP contribution in [-0.4, -0.2) is 27.0 Å². The number of hydrogen-bond donors (Lipinski definition) is 2. The van der Waals surface area contributed by atoms with Crippen molar-refractivity contribution in [3.8, 4) is 0 Å². The number of nitrogens with two attached hydrogens (primary N) is 1. The molecule has 1 atom stereocenters. The Hall–Kier alpha value is -1.44. The molecule has 104 valence electrons. The van der Waals surface area contributed by atoms with E-state index in [1.165, 1.54) is 18.2 Å². The number of rotatable bonds is 4. The molecule has 0 bridgehead atoms. The molecule has 0 saturated carbocycles. The Morgan fingerprint density at radius 1 is 1.47 bits per heavy atom. The van der Waals surface area contributed by atoms with Crippen molar-refractivity contribution in [2.24, 2.45) is 5.14 Å². The largest absolute Gasteiger partial charge is 0.378 e. The van der Waals surface area contributed by atoms with Crippen LogP contribution in [0.2, 0.25) is 0 Å². The predicted molar refractivity (Wildman–Crippen MR) is 70.0 cm³/mol. The van der Waals surface area contributed by atoms with Crippen molar-refractivity contribution in [1.82, 2.24) is 0 Å². The lowest BCUT2D eigenvalue weighted by Crippen LogP contribution is -2.19. The standard InChI is InChI=1S/C12H16N2O4S/c13-19(16,17)11-5-1-3-9(7-11)14-12(15)8-10-4-2-6-18-10/h1,3,5,7,10H,2,4,6,8H2,(H,14,15)(H2,13,16,17). The van der Waals surface area contributed by atoms with E-state index in [0.29, 0.717) is 12.3 Å². The van der Waals surface area contributed by atoms with E-state index in [0.717, 1.165) is 12.8 Å². The lowest BCUT2D eigenvalue weighted by atomic mass is 10.2. The van der Waals surface area contributed by atoms with Gasteiger partial charge in [0.2, 0.25) is 15.9 Å². The SMILES string of the molecule is NS(=O)(=O)c1cccc(NC(=O)CC2CCCO2)c1. The van der Waals surface area contributed by atoms with Gasteiger partial charge in [0.15, 0.2) is 0 Å². The van der Waals surface area contributed by atoms with Gasteiger partial charge in [0.05, 0.1) is 17.4 Å². The average Bonchev–Trinajstić information content (AvgIpc) is 2.80. The Morgan fingerprint density at radius 2 is 2.26 bits per heavy atom. The normalized spacial score (nSPS) is 19.3. The Kier molecular flexibility index (Phi) is 4.18. The summed E-state index contributed by atoms with van der Waals surface area (Å²) in [6.07, 6.45) is 2.09. The summed E-state index contributed by atoms with van der Waals surface area (Å²) < 4.78 is 27.8. The number of ether oxygens (including phenoxy) is 1. The number of amides is 1. The topological polar surface area (TPSA) is 98.5 Å². The Labute approximate surface area is 112 Å². The molecule has 1 fully saturated rings. The highest BCUT2D eigenvalue weighted by Gasteiger charge is 2.19. The fraction of sp³-hybridized carbons (Fsp3) is 0.417. The molecule has 0 aliphatic carbocycles. The van der Waals surface area contributed by atoms with Gasteiger partial charge in [-0.1, -0.05) is 6.07 Å². The van der Waals surface area contributed by atoms with E-state index in [4.69, 9.17) is 9.88 Å². The van der Waals surface area contributed by atoms with Crippen molar-refractivity contribution in [1.29, 1.82) is 0 Å². The number of sulfonamides is 1. The van der Waals surface area contributed by atoms with E-state index in [1.807, 2.05) is 0 Å². The highest BCUT2D eigenvalue weighted by atomic mass is 32.2. The fourth-order valence-electron chi connectivity index (χ4n) is 1.97. The molecular weight excluding hydrogens is 268 g/mol. The van der Waals surface area contributed by atoms with Crippen molar-refractivity contribution in [3.63, 3.8) is 0 Å². The second-order valence-corrected chi connectivity index (χ2v) is 6.02. The van der Waals surface area contributed by atoms with Gasteiger partial charge in [0.25, 0.3) is 0 Å². The summed E-state index contributed by atoms with van der Waals surface area (Å²) in [5, 5.41) is 7.67. The highest BCUT2D eigenvalue weighted by Crippen LogP contribution is 2.18. The summed E-state index contributed by atoms with van der Waals surface area (Å²) in [5.74, 6) is -0.196. The maximum atomic E-state index is 11.8. The number of primary sulfonamides is 1. The average molecular weight is 284 g/mol. The minimum Gasteiger partial charge on any atom is -0.378 e. The molecule has 6 nitrogen and oxygen atoms in total. The summed E-state index contributed by atoms with van der Waals surface area (Å²) in [6.45, 7) is 0.693. The molecule has 1 amide bonds. The number of carbonyl (C=O) groups is 1. The fourth-order valence-corrected chi connectivity index (χ4v) is 2.53. The molecule has 0 radical (unpaired) electrons. The van der Waals surface area contributed by atoms with Crippen LogP contribution < -0.4 is 10.5 Å². The quantitative estimate of drug-likeness (QED) is 0.856. The highest BCUT2D eigenvalue weighted by molar-refractivity contribution is 7.89. The van der Waals surface area contributed by atoms with E-state index in [-0.39, 0.29) is 23.3 Å². The van der Waals surface area contributed by atoms with Crippen molar-refractivity contribution in [2.75, 3.05) is 11.9 Å². The number of carbonyl (C=O) groups excluding carboxylic acids is 1. The second-order valence-electron chi connectivity index (χ2n) is 4.46. The molecule has 1 heterocycles. The first-order chi connectivity index (χ1) is 8.95. The minimum absolute atomic E-state index is 0.0255. The summed E-state index contributed by atoms with van der Waals surface area (Å²) in [6, 6.07) is 5.86. The van der Waals surface area contributed by atoms with Gasteiger partial charge in [-0.2, -0.15) is 0 Å². The number of benzene rings is 1. The van der Waals surface area contributed by atoms with Gasteiger partial charge >= 0.3 is 0 Å². The summed E-state index contributed by atoms with van der Waals surface area (Å²) in [5.41, 5.74) is 0.412. The predicted octanol–water partition coefficient (Wildman–Crippen LogP) is 0.842. The van der Waals surface area contributed by atoms with Crippen LogP contribution in [0.5, 0.6) is 0 Å². The van der Waals surface area contributed by atoms with Crippen molar-refractivity contribution >= 4 is 21.6 Å². The molecule has 1 aromatic carbocycles. The van der Waals surface area contributed by atoms with E-state index >= 15 is 0 Å². The zero-order valence-corrected chi connectivity index (χ0v) is 11.2. The van der Waals surface area contributed by atoms with Crippen LogP contribution in [0.4, 0.5) is 5.69 Å². The van der Waals surface area contributed by atoms with Crippen molar-refractivity contribution in [3.05, 3.63) is 24.3 Å². The van der Waals surface area contributed by atoms with Crippen molar-refractivity contribution in [2.45, 2.75) is 30.3 Å². The van der Waals surface area contributed by atoms with Gasteiger partial charge in [-0.25, -0.2) is 13.6 Å². The number of nitrogens with one attached hydrogen (secondary N) is 1. The molecule has 0 aromatic heterocycles. The number of hydrogen-bond acceptors (Lipinski definition) is 4. The van der Waals surface area contributed by atoms with Gasteiger partial charge in [0.1, 0.15) is 0 Å². The molecule has 1 aliphatic heterocycles. The zero-order chi connectivity index (χ0) is 13.9. The van der Waals surface area contributed by atoms with Gasteiger partial charge in [0, 0.05) is 12.3 Å². The van der Waals surface area contributed by atoms with Crippen LogP contribution in [0.15, 0.2) is 29.2 Å². The Morgan fingerprint density at radius 3 is 2.89 bits per heavy atom. The van der Waals surface area contributed by atoms with E-state index < -0.39 is 10.0 Å².